The van der Waals surface area contributed by atoms with Crippen molar-refractivity contribution in [2.24, 2.45) is 7.05 Å². The maximum absolute atomic E-state index is 12.4. The zero-order chi connectivity index (χ0) is 21.4. The van der Waals surface area contributed by atoms with E-state index in [1.54, 1.807) is 50.8 Å². The van der Waals surface area contributed by atoms with Crippen LogP contribution in [0.25, 0.3) is 22.2 Å². The molecular weight excluding hydrogens is 387 g/mol. The number of halogens is 3. The quantitative estimate of drug-likeness (QED) is 0.624. The largest absolute Gasteiger partial charge is 0.573 e. The molecule has 0 spiro atoms. The molecule has 6 nitrogen and oxygen atoms in total. The van der Waals surface area contributed by atoms with Crippen LogP contribution >= 0.6 is 0 Å². The lowest BCUT2D eigenvalue weighted by molar-refractivity contribution is -0.274. The second kappa shape index (κ2) is 7.31. The van der Waals surface area contributed by atoms with E-state index in [0.717, 1.165) is 5.52 Å². The minimum Gasteiger partial charge on any atom is -0.444 e. The molecule has 0 aliphatic heterocycles. The molecule has 9 heteroatoms. The lowest BCUT2D eigenvalue weighted by Gasteiger charge is -2.20. The molecule has 0 atom stereocenters. The van der Waals surface area contributed by atoms with Gasteiger partial charge in [-0.2, -0.15) is 0 Å². The van der Waals surface area contributed by atoms with Crippen LogP contribution in [-0.2, 0) is 11.8 Å². The Balaban J connectivity index is 1.97. The van der Waals surface area contributed by atoms with Crippen molar-refractivity contribution in [1.82, 2.24) is 9.55 Å². The lowest BCUT2D eigenvalue weighted by Crippen LogP contribution is -2.27. The molecule has 2 aromatic carbocycles. The number of rotatable bonds is 3. The Morgan fingerprint density at radius 2 is 1.76 bits per heavy atom. The Labute approximate surface area is 165 Å². The fourth-order valence-corrected chi connectivity index (χ4v) is 2.78. The molecule has 1 aromatic heterocycles. The molecule has 0 saturated heterocycles. The van der Waals surface area contributed by atoms with Crippen molar-refractivity contribution >= 4 is 22.8 Å². The summed E-state index contributed by atoms with van der Waals surface area (Å²) >= 11 is 0. The van der Waals surface area contributed by atoms with E-state index in [9.17, 15) is 18.0 Å². The molecule has 29 heavy (non-hydrogen) atoms. The van der Waals surface area contributed by atoms with Crippen molar-refractivity contribution in [3.63, 3.8) is 0 Å². The molecule has 3 rings (SSSR count). The number of carbonyl (C=O) groups excluding carboxylic acids is 1. The van der Waals surface area contributed by atoms with Crippen LogP contribution in [0.2, 0.25) is 0 Å². The molecule has 0 fully saturated rings. The van der Waals surface area contributed by atoms with Gasteiger partial charge in [0, 0.05) is 18.3 Å². The predicted octanol–water partition coefficient (Wildman–Crippen LogP) is 5.49. The molecule has 0 aliphatic carbocycles. The van der Waals surface area contributed by atoms with E-state index in [0.29, 0.717) is 22.3 Å². The summed E-state index contributed by atoms with van der Waals surface area (Å²) in [6.45, 7) is 5.27. The van der Waals surface area contributed by atoms with Crippen molar-refractivity contribution in [1.29, 1.82) is 0 Å². The van der Waals surface area contributed by atoms with Crippen molar-refractivity contribution in [3.05, 3.63) is 42.7 Å². The summed E-state index contributed by atoms with van der Waals surface area (Å²) in [6, 6.07) is 8.90. The van der Waals surface area contributed by atoms with Crippen LogP contribution in [0.15, 0.2) is 42.7 Å². The minimum absolute atomic E-state index is 0.318. The molecule has 0 radical (unpaired) electrons. The third kappa shape index (κ3) is 5.18. The van der Waals surface area contributed by atoms with Gasteiger partial charge >= 0.3 is 12.5 Å². The van der Waals surface area contributed by atoms with Crippen LogP contribution < -0.4 is 10.1 Å². The maximum atomic E-state index is 12.4. The Bertz CT molecular complexity index is 1040. The highest BCUT2D eigenvalue weighted by molar-refractivity contribution is 5.98. The number of imidazole rings is 1. The number of alkyl halides is 3. The number of hydrogen-bond donors (Lipinski definition) is 1. The number of nitrogens with one attached hydrogen (secondary N) is 1. The number of aromatic nitrogens is 2. The van der Waals surface area contributed by atoms with Crippen molar-refractivity contribution < 1.29 is 27.4 Å². The van der Waals surface area contributed by atoms with Gasteiger partial charge in [-0.3, -0.25) is 5.32 Å². The van der Waals surface area contributed by atoms with E-state index in [4.69, 9.17) is 4.74 Å². The normalized spacial score (nSPS) is 12.1. The maximum Gasteiger partial charge on any atom is 0.573 e. The number of aryl methyl sites for hydroxylation is 1. The smallest absolute Gasteiger partial charge is 0.444 e. The van der Waals surface area contributed by atoms with Crippen LogP contribution in [-0.4, -0.2) is 27.6 Å². The average molecular weight is 407 g/mol. The number of benzene rings is 2. The summed E-state index contributed by atoms with van der Waals surface area (Å²) in [5.41, 5.74) is 2.47. The van der Waals surface area contributed by atoms with E-state index in [2.05, 4.69) is 15.0 Å². The fourth-order valence-electron chi connectivity index (χ4n) is 2.78. The molecule has 0 unspecified atom stereocenters. The van der Waals surface area contributed by atoms with Crippen LogP contribution in [0.3, 0.4) is 0 Å². The van der Waals surface area contributed by atoms with Crippen LogP contribution in [0, 0.1) is 0 Å². The summed E-state index contributed by atoms with van der Waals surface area (Å²) in [6.07, 6.45) is -3.75. The number of hydrogen-bond acceptors (Lipinski definition) is 4. The van der Waals surface area contributed by atoms with Gasteiger partial charge in [-0.05, 0) is 50.6 Å². The molecule has 0 saturated carbocycles. The zero-order valence-electron chi connectivity index (χ0n) is 16.3. The Hall–Kier alpha value is -3.23. The summed E-state index contributed by atoms with van der Waals surface area (Å²) in [5, 5.41) is 2.68. The van der Waals surface area contributed by atoms with E-state index >= 15 is 0 Å². The van der Waals surface area contributed by atoms with Gasteiger partial charge in [0.1, 0.15) is 11.4 Å². The first-order valence-corrected chi connectivity index (χ1v) is 8.72. The Morgan fingerprint density at radius 1 is 1.10 bits per heavy atom. The zero-order valence-corrected chi connectivity index (χ0v) is 16.3. The van der Waals surface area contributed by atoms with Crippen molar-refractivity contribution in [3.8, 4) is 16.9 Å². The number of nitrogens with zero attached hydrogens (tertiary/aromatic N) is 2. The number of fused-ring (bicyclic) bond motifs is 1. The molecule has 0 aliphatic rings. The fraction of sp³-hybridized carbons (Fsp3) is 0.300. The lowest BCUT2D eigenvalue weighted by atomic mass is 10.0. The molecule has 1 N–H and O–H groups in total. The van der Waals surface area contributed by atoms with Gasteiger partial charge in [0.2, 0.25) is 0 Å². The monoisotopic (exact) mass is 407 g/mol. The number of carbonyl (C=O) groups is 1. The number of ether oxygens (including phenoxy) is 2. The Kier molecular flexibility index (Phi) is 5.16. The predicted molar refractivity (Wildman–Crippen MR) is 103 cm³/mol. The van der Waals surface area contributed by atoms with Gasteiger partial charge in [-0.15, -0.1) is 13.2 Å². The SMILES string of the molecule is Cn1cnc2c(-c3ccc(OC(F)(F)F)cc3)cc(NC(=O)OC(C)(C)C)cc21. The summed E-state index contributed by atoms with van der Waals surface area (Å²) in [7, 11) is 1.80. The van der Waals surface area contributed by atoms with Gasteiger partial charge in [-0.1, -0.05) is 12.1 Å². The average Bonchev–Trinajstić information content (AvgIpc) is 2.93. The second-order valence-electron chi connectivity index (χ2n) is 7.45. The first-order valence-electron chi connectivity index (χ1n) is 8.72. The summed E-state index contributed by atoms with van der Waals surface area (Å²) in [5.74, 6) is -0.318. The molecular formula is C20H20F3N3O3. The molecule has 1 heterocycles. The van der Waals surface area contributed by atoms with Crippen molar-refractivity contribution in [2.45, 2.75) is 32.7 Å². The van der Waals surface area contributed by atoms with Gasteiger partial charge < -0.3 is 14.0 Å². The topological polar surface area (TPSA) is 65.4 Å². The highest BCUT2D eigenvalue weighted by Crippen LogP contribution is 2.33. The minimum atomic E-state index is -4.76. The highest BCUT2D eigenvalue weighted by atomic mass is 19.4. The van der Waals surface area contributed by atoms with Gasteiger partial charge in [-0.25, -0.2) is 9.78 Å². The molecule has 154 valence electrons. The number of anilines is 1. The first kappa shape index (κ1) is 20.5. The van der Waals surface area contributed by atoms with Crippen LogP contribution in [0.5, 0.6) is 5.75 Å². The third-order valence-electron chi connectivity index (χ3n) is 3.87. The molecule has 1 amide bonds. The third-order valence-corrected chi connectivity index (χ3v) is 3.87. The van der Waals surface area contributed by atoms with Crippen molar-refractivity contribution in [2.75, 3.05) is 5.32 Å². The van der Waals surface area contributed by atoms with E-state index in [-0.39, 0.29) is 5.75 Å². The van der Waals surface area contributed by atoms with E-state index in [1.165, 1.54) is 24.3 Å². The van der Waals surface area contributed by atoms with Gasteiger partial charge in [0.15, 0.2) is 0 Å². The summed E-state index contributed by atoms with van der Waals surface area (Å²) < 4.78 is 48.1. The van der Waals surface area contributed by atoms with Gasteiger partial charge in [0.05, 0.1) is 17.4 Å². The second-order valence-corrected chi connectivity index (χ2v) is 7.45. The van der Waals surface area contributed by atoms with E-state index < -0.39 is 18.1 Å². The van der Waals surface area contributed by atoms with Gasteiger partial charge in [0.25, 0.3) is 0 Å². The molecule has 0 bridgehead atoms. The number of amides is 1. The first-order chi connectivity index (χ1) is 13.4. The standard InChI is InChI=1S/C20H20F3N3O3/c1-19(2,3)29-18(27)25-13-9-15(17-16(10-13)26(4)11-24-17)12-5-7-14(8-6-12)28-20(21,22)23/h5-11H,1-4H3,(H,25,27). The Morgan fingerprint density at radius 3 is 2.34 bits per heavy atom. The highest BCUT2D eigenvalue weighted by Gasteiger charge is 2.31. The molecule has 3 aromatic rings. The van der Waals surface area contributed by atoms with Crippen LogP contribution in [0.1, 0.15) is 20.8 Å². The summed E-state index contributed by atoms with van der Waals surface area (Å²) in [4.78, 5) is 16.5. The van der Waals surface area contributed by atoms with Crippen LogP contribution in [0.4, 0.5) is 23.7 Å². The van der Waals surface area contributed by atoms with E-state index in [1.807, 2.05) is 0 Å².